The fraction of sp³-hybridized carbons (Fsp3) is 0.130. The van der Waals surface area contributed by atoms with Gasteiger partial charge in [0.1, 0.15) is 18.2 Å². The molecule has 0 fully saturated rings. The van der Waals surface area contributed by atoms with Gasteiger partial charge in [0, 0.05) is 11.6 Å². The van der Waals surface area contributed by atoms with Crippen LogP contribution in [0.25, 0.3) is 22.3 Å². The highest BCUT2D eigenvalue weighted by atomic mass is 19.1. The van der Waals surface area contributed by atoms with Gasteiger partial charge in [0.25, 0.3) is 5.56 Å². The van der Waals surface area contributed by atoms with Crippen molar-refractivity contribution in [1.29, 1.82) is 0 Å². The van der Waals surface area contributed by atoms with Gasteiger partial charge in [-0.3, -0.25) is 9.59 Å². The average molecular weight is 459 g/mol. The third kappa shape index (κ3) is 4.44. The second kappa shape index (κ2) is 8.70. The number of benzene rings is 2. The first-order valence-electron chi connectivity index (χ1n) is 10.3. The van der Waals surface area contributed by atoms with Crippen molar-refractivity contribution in [2.75, 3.05) is 0 Å². The van der Waals surface area contributed by atoms with Crippen molar-refractivity contribution in [1.82, 2.24) is 35.2 Å². The minimum absolute atomic E-state index is 0.104. The van der Waals surface area contributed by atoms with Gasteiger partial charge in [-0.05, 0) is 55.0 Å². The van der Waals surface area contributed by atoms with Crippen LogP contribution in [0.1, 0.15) is 27.9 Å². The SMILES string of the molecule is Cc1ccc2nc(CNC(=O)c3nc(Cn4nc(-c5ccc(F)cc5)ccc4=O)no3)[nH]c2c1. The Morgan fingerprint density at radius 1 is 1.12 bits per heavy atom. The molecule has 34 heavy (non-hydrogen) atoms. The summed E-state index contributed by atoms with van der Waals surface area (Å²) in [4.78, 5) is 36.3. The van der Waals surface area contributed by atoms with Gasteiger partial charge in [0.2, 0.25) is 0 Å². The van der Waals surface area contributed by atoms with Gasteiger partial charge >= 0.3 is 11.8 Å². The number of aromatic amines is 1. The molecule has 0 unspecified atom stereocenters. The summed E-state index contributed by atoms with van der Waals surface area (Å²) < 4.78 is 19.4. The van der Waals surface area contributed by atoms with Crippen LogP contribution in [0.4, 0.5) is 4.39 Å². The number of H-pyrrole nitrogens is 1. The Morgan fingerprint density at radius 2 is 1.94 bits per heavy atom. The van der Waals surface area contributed by atoms with E-state index in [1.165, 1.54) is 18.2 Å². The van der Waals surface area contributed by atoms with E-state index in [2.05, 4.69) is 30.5 Å². The third-order valence-electron chi connectivity index (χ3n) is 5.06. The number of rotatable bonds is 6. The molecule has 3 heterocycles. The molecule has 0 aliphatic carbocycles. The van der Waals surface area contributed by atoms with Gasteiger partial charge < -0.3 is 14.8 Å². The number of nitrogens with zero attached hydrogens (tertiary/aromatic N) is 5. The lowest BCUT2D eigenvalue weighted by Crippen LogP contribution is -2.24. The summed E-state index contributed by atoms with van der Waals surface area (Å²) in [7, 11) is 0. The number of hydrogen-bond donors (Lipinski definition) is 2. The van der Waals surface area contributed by atoms with Crippen LogP contribution < -0.4 is 10.9 Å². The molecule has 2 aromatic carbocycles. The monoisotopic (exact) mass is 459 g/mol. The highest BCUT2D eigenvalue weighted by Crippen LogP contribution is 2.16. The van der Waals surface area contributed by atoms with Gasteiger partial charge in [0.05, 0.1) is 23.3 Å². The lowest BCUT2D eigenvalue weighted by molar-refractivity contribution is 0.0906. The minimum Gasteiger partial charge on any atom is -0.341 e. The molecule has 11 heteroatoms. The number of fused-ring (bicyclic) bond motifs is 1. The highest BCUT2D eigenvalue weighted by molar-refractivity contribution is 5.89. The van der Waals surface area contributed by atoms with E-state index in [1.54, 1.807) is 18.2 Å². The number of halogens is 1. The van der Waals surface area contributed by atoms with Crippen LogP contribution in [-0.2, 0) is 13.1 Å². The largest absolute Gasteiger partial charge is 0.341 e. The number of carbonyl (C=O) groups excluding carboxylic acids is 1. The number of hydrogen-bond acceptors (Lipinski definition) is 7. The van der Waals surface area contributed by atoms with Gasteiger partial charge in [-0.1, -0.05) is 11.2 Å². The van der Waals surface area contributed by atoms with E-state index in [0.717, 1.165) is 21.3 Å². The third-order valence-corrected chi connectivity index (χ3v) is 5.06. The molecule has 0 aliphatic heterocycles. The minimum atomic E-state index is -0.573. The fourth-order valence-corrected chi connectivity index (χ4v) is 3.38. The van der Waals surface area contributed by atoms with Crippen LogP contribution in [-0.4, -0.2) is 35.8 Å². The molecular formula is C23H18FN7O3. The first-order valence-corrected chi connectivity index (χ1v) is 10.3. The van der Waals surface area contributed by atoms with Crippen molar-refractivity contribution in [3.05, 3.63) is 93.9 Å². The maximum atomic E-state index is 13.2. The molecule has 0 saturated heterocycles. The maximum Gasteiger partial charge on any atom is 0.316 e. The molecule has 0 aliphatic rings. The Hall–Kier alpha value is -4.67. The molecule has 1 amide bonds. The summed E-state index contributed by atoms with van der Waals surface area (Å²) >= 11 is 0. The molecule has 0 radical (unpaired) electrons. The summed E-state index contributed by atoms with van der Waals surface area (Å²) in [5.74, 6) is -0.497. The molecule has 0 spiro atoms. The number of carbonyl (C=O) groups is 1. The van der Waals surface area contributed by atoms with Crippen molar-refractivity contribution in [2.45, 2.75) is 20.0 Å². The van der Waals surface area contributed by atoms with E-state index in [-0.39, 0.29) is 36.2 Å². The van der Waals surface area contributed by atoms with Crippen LogP contribution in [0.3, 0.4) is 0 Å². The lowest BCUT2D eigenvalue weighted by Gasteiger charge is -2.05. The lowest BCUT2D eigenvalue weighted by atomic mass is 10.1. The van der Waals surface area contributed by atoms with E-state index < -0.39 is 5.91 Å². The Labute approximate surface area is 191 Å². The molecule has 0 bridgehead atoms. The van der Waals surface area contributed by atoms with Crippen LogP contribution in [0.2, 0.25) is 0 Å². The topological polar surface area (TPSA) is 132 Å². The van der Waals surface area contributed by atoms with E-state index in [0.29, 0.717) is 17.1 Å². The van der Waals surface area contributed by atoms with Gasteiger partial charge in [-0.25, -0.2) is 14.1 Å². The maximum absolute atomic E-state index is 13.2. The van der Waals surface area contributed by atoms with Gasteiger partial charge in [-0.2, -0.15) is 10.1 Å². The first kappa shape index (κ1) is 21.2. The standard InChI is InChI=1S/C23H18FN7O3/c1-13-2-7-17-18(10-13)27-19(26-17)11-25-22(33)23-28-20(30-34-23)12-31-21(32)9-8-16(29-31)14-3-5-15(24)6-4-14/h2-10H,11-12H2,1H3,(H,25,33)(H,26,27). The van der Waals surface area contributed by atoms with Crippen molar-refractivity contribution in [3.8, 4) is 11.3 Å². The van der Waals surface area contributed by atoms with Crippen LogP contribution in [0.15, 0.2) is 63.9 Å². The molecule has 10 nitrogen and oxygen atoms in total. The Morgan fingerprint density at radius 3 is 2.76 bits per heavy atom. The molecule has 0 saturated carbocycles. The summed E-state index contributed by atoms with van der Waals surface area (Å²) in [6.45, 7) is 2.02. The Balaban J connectivity index is 1.27. The zero-order valence-corrected chi connectivity index (χ0v) is 17.9. The van der Waals surface area contributed by atoms with Crippen molar-refractivity contribution in [2.24, 2.45) is 0 Å². The van der Waals surface area contributed by atoms with E-state index in [4.69, 9.17) is 4.52 Å². The zero-order chi connectivity index (χ0) is 23.7. The van der Waals surface area contributed by atoms with E-state index in [9.17, 15) is 14.0 Å². The normalized spacial score (nSPS) is 11.1. The van der Waals surface area contributed by atoms with Crippen LogP contribution in [0.5, 0.6) is 0 Å². The molecule has 170 valence electrons. The van der Waals surface area contributed by atoms with Gasteiger partial charge in [0.15, 0.2) is 5.82 Å². The van der Waals surface area contributed by atoms with Crippen molar-refractivity contribution >= 4 is 16.9 Å². The fourth-order valence-electron chi connectivity index (χ4n) is 3.38. The molecular weight excluding hydrogens is 441 g/mol. The van der Waals surface area contributed by atoms with Crippen LogP contribution >= 0.6 is 0 Å². The van der Waals surface area contributed by atoms with Crippen LogP contribution in [0, 0.1) is 12.7 Å². The predicted octanol–water partition coefficient (Wildman–Crippen LogP) is 2.60. The first-order chi connectivity index (χ1) is 16.4. The molecule has 0 atom stereocenters. The predicted molar refractivity (Wildman–Crippen MR) is 119 cm³/mol. The smallest absolute Gasteiger partial charge is 0.316 e. The highest BCUT2D eigenvalue weighted by Gasteiger charge is 2.17. The van der Waals surface area contributed by atoms with Gasteiger partial charge in [-0.15, -0.1) is 0 Å². The molecule has 5 rings (SSSR count). The quantitative estimate of drug-likeness (QED) is 0.399. The molecule has 2 N–H and O–H groups in total. The number of imidazole rings is 1. The number of aryl methyl sites for hydroxylation is 1. The Kier molecular flexibility index (Phi) is 5.42. The molecule has 5 aromatic rings. The number of aromatic nitrogens is 6. The van der Waals surface area contributed by atoms with Crippen molar-refractivity contribution < 1.29 is 13.7 Å². The average Bonchev–Trinajstić information content (AvgIpc) is 3.46. The zero-order valence-electron chi connectivity index (χ0n) is 17.9. The van der Waals surface area contributed by atoms with E-state index >= 15 is 0 Å². The number of amides is 1. The Bertz CT molecular complexity index is 1550. The second-order valence-corrected chi connectivity index (χ2v) is 7.62. The summed E-state index contributed by atoms with van der Waals surface area (Å²) in [5, 5.41) is 10.7. The summed E-state index contributed by atoms with van der Waals surface area (Å²) in [6, 6.07) is 14.5. The van der Waals surface area contributed by atoms with Crippen molar-refractivity contribution in [3.63, 3.8) is 0 Å². The molecule has 3 aromatic heterocycles. The summed E-state index contributed by atoms with van der Waals surface area (Å²) in [6.07, 6.45) is 0. The van der Waals surface area contributed by atoms with E-state index in [1.807, 2.05) is 25.1 Å². The second-order valence-electron chi connectivity index (χ2n) is 7.62. The number of nitrogens with one attached hydrogen (secondary N) is 2. The summed E-state index contributed by atoms with van der Waals surface area (Å²) in [5.41, 5.74) is 3.51.